The minimum absolute atomic E-state index is 0.332. The summed E-state index contributed by atoms with van der Waals surface area (Å²) >= 11 is 0. The molecular weight excluding hydrogens is 164 g/mol. The number of hydrogen-bond acceptors (Lipinski definition) is 3. The monoisotopic (exact) mass is 188 g/mol. The first-order valence-electron chi connectivity index (χ1n) is 5.31. The number of nitrogens with one attached hydrogen (secondary N) is 1. The van der Waals surface area contributed by atoms with Crippen molar-refractivity contribution < 1.29 is 5.11 Å². The van der Waals surface area contributed by atoms with Crippen LogP contribution in [-0.4, -0.2) is 49.8 Å². The summed E-state index contributed by atoms with van der Waals surface area (Å²) in [6.07, 6.45) is 3.25. The summed E-state index contributed by atoms with van der Waals surface area (Å²) in [6.45, 7) is 6.89. The van der Waals surface area contributed by atoms with Gasteiger partial charge in [-0.2, -0.15) is 0 Å². The third-order valence-electron chi connectivity index (χ3n) is 2.22. The summed E-state index contributed by atoms with van der Waals surface area (Å²) in [7, 11) is 2.13. The van der Waals surface area contributed by atoms with Gasteiger partial charge < -0.3 is 15.3 Å². The highest BCUT2D eigenvalue weighted by molar-refractivity contribution is 4.53. The van der Waals surface area contributed by atoms with Crippen LogP contribution < -0.4 is 5.32 Å². The average Bonchev–Trinajstić information content (AvgIpc) is 2.16. The lowest BCUT2D eigenvalue weighted by Crippen LogP contribution is -2.29. The van der Waals surface area contributed by atoms with Crippen molar-refractivity contribution in [3.8, 4) is 0 Å². The molecule has 80 valence electrons. The van der Waals surface area contributed by atoms with E-state index in [0.717, 1.165) is 39.0 Å². The molecule has 0 saturated carbocycles. The van der Waals surface area contributed by atoms with Crippen LogP contribution in [-0.2, 0) is 0 Å². The van der Waals surface area contributed by atoms with Crippen molar-refractivity contribution in [2.75, 3.05) is 39.8 Å². The highest BCUT2D eigenvalue weighted by Gasteiger charge is 1.93. The van der Waals surface area contributed by atoms with Crippen LogP contribution in [0.4, 0.5) is 0 Å². The largest absolute Gasteiger partial charge is 0.396 e. The van der Waals surface area contributed by atoms with Gasteiger partial charge in [-0.1, -0.05) is 6.92 Å². The van der Waals surface area contributed by atoms with Gasteiger partial charge >= 0.3 is 0 Å². The first-order valence-corrected chi connectivity index (χ1v) is 5.31. The zero-order valence-corrected chi connectivity index (χ0v) is 9.05. The summed E-state index contributed by atoms with van der Waals surface area (Å²) in [5, 5.41) is 11.9. The molecule has 13 heavy (non-hydrogen) atoms. The fraction of sp³-hybridized carbons (Fsp3) is 1.00. The van der Waals surface area contributed by atoms with Crippen molar-refractivity contribution in [1.82, 2.24) is 10.2 Å². The van der Waals surface area contributed by atoms with Crippen LogP contribution in [0.5, 0.6) is 0 Å². The van der Waals surface area contributed by atoms with Gasteiger partial charge in [-0.25, -0.2) is 0 Å². The van der Waals surface area contributed by atoms with Crippen LogP contribution in [0.3, 0.4) is 0 Å². The second-order valence-electron chi connectivity index (χ2n) is 3.43. The Labute approximate surface area is 82.1 Å². The van der Waals surface area contributed by atoms with E-state index in [0.29, 0.717) is 6.61 Å². The molecule has 0 fully saturated rings. The van der Waals surface area contributed by atoms with Gasteiger partial charge in [0.2, 0.25) is 0 Å². The Kier molecular flexibility index (Phi) is 9.87. The number of unbranched alkanes of at least 4 members (excludes halogenated alkanes) is 2. The molecule has 0 saturated heterocycles. The molecule has 0 heterocycles. The Morgan fingerprint density at radius 2 is 1.92 bits per heavy atom. The van der Waals surface area contributed by atoms with Crippen LogP contribution in [0.1, 0.15) is 26.2 Å². The standard InChI is InChI=1S/C10H24N2O/c1-3-12(2)9-8-11-7-5-4-6-10-13/h11,13H,3-10H2,1-2H3. The molecule has 0 atom stereocenters. The van der Waals surface area contributed by atoms with Crippen molar-refractivity contribution in [2.24, 2.45) is 0 Å². The number of aliphatic hydroxyl groups is 1. The summed E-state index contributed by atoms with van der Waals surface area (Å²) < 4.78 is 0. The van der Waals surface area contributed by atoms with Crippen LogP contribution >= 0.6 is 0 Å². The molecule has 0 amide bonds. The lowest BCUT2D eigenvalue weighted by atomic mass is 10.2. The van der Waals surface area contributed by atoms with Gasteiger partial charge in [-0.3, -0.25) is 0 Å². The SMILES string of the molecule is CCN(C)CCNCCCCCO. The first-order chi connectivity index (χ1) is 6.31. The van der Waals surface area contributed by atoms with E-state index in [1.165, 1.54) is 6.42 Å². The number of likely N-dealkylation sites (N-methyl/N-ethyl adjacent to an activating group) is 1. The average molecular weight is 188 g/mol. The Hall–Kier alpha value is -0.120. The molecule has 0 radical (unpaired) electrons. The van der Waals surface area contributed by atoms with Crippen molar-refractivity contribution in [2.45, 2.75) is 26.2 Å². The van der Waals surface area contributed by atoms with E-state index in [1.54, 1.807) is 0 Å². The normalized spacial score (nSPS) is 11.1. The summed E-state index contributed by atoms with van der Waals surface area (Å²) in [6, 6.07) is 0. The van der Waals surface area contributed by atoms with Crippen molar-refractivity contribution in [1.29, 1.82) is 0 Å². The molecule has 2 N–H and O–H groups in total. The number of nitrogens with zero attached hydrogens (tertiary/aromatic N) is 1. The van der Waals surface area contributed by atoms with E-state index in [9.17, 15) is 0 Å². The van der Waals surface area contributed by atoms with Crippen LogP contribution in [0, 0.1) is 0 Å². The van der Waals surface area contributed by atoms with Crippen LogP contribution in [0.25, 0.3) is 0 Å². The molecule has 0 rings (SSSR count). The van der Waals surface area contributed by atoms with Crippen molar-refractivity contribution >= 4 is 0 Å². The van der Waals surface area contributed by atoms with E-state index < -0.39 is 0 Å². The van der Waals surface area contributed by atoms with E-state index in [1.807, 2.05) is 0 Å². The molecule has 0 aliphatic rings. The molecule has 0 aromatic carbocycles. The minimum atomic E-state index is 0.332. The van der Waals surface area contributed by atoms with Gasteiger partial charge in [0, 0.05) is 19.7 Å². The second-order valence-corrected chi connectivity index (χ2v) is 3.43. The number of aliphatic hydroxyl groups excluding tert-OH is 1. The fourth-order valence-corrected chi connectivity index (χ4v) is 1.09. The van der Waals surface area contributed by atoms with E-state index >= 15 is 0 Å². The smallest absolute Gasteiger partial charge is 0.0431 e. The Balaban J connectivity index is 2.91. The third kappa shape index (κ3) is 9.80. The van der Waals surface area contributed by atoms with Gasteiger partial charge in [-0.15, -0.1) is 0 Å². The lowest BCUT2D eigenvalue weighted by Gasteiger charge is -2.13. The van der Waals surface area contributed by atoms with Crippen molar-refractivity contribution in [3.05, 3.63) is 0 Å². The maximum Gasteiger partial charge on any atom is 0.0431 e. The molecule has 3 heteroatoms. The third-order valence-corrected chi connectivity index (χ3v) is 2.22. The van der Waals surface area contributed by atoms with Gasteiger partial charge in [0.1, 0.15) is 0 Å². The molecule has 3 nitrogen and oxygen atoms in total. The highest BCUT2D eigenvalue weighted by atomic mass is 16.2. The molecule has 0 aromatic rings. The summed E-state index contributed by atoms with van der Waals surface area (Å²) in [5.74, 6) is 0. The highest BCUT2D eigenvalue weighted by Crippen LogP contribution is 1.91. The molecule has 0 aliphatic carbocycles. The number of rotatable bonds is 9. The fourth-order valence-electron chi connectivity index (χ4n) is 1.09. The molecule has 0 bridgehead atoms. The molecule has 0 spiro atoms. The molecule has 0 aromatic heterocycles. The van der Waals surface area contributed by atoms with Gasteiger partial charge in [0.15, 0.2) is 0 Å². The van der Waals surface area contributed by atoms with E-state index in [2.05, 4.69) is 24.2 Å². The number of hydrogen-bond donors (Lipinski definition) is 2. The zero-order chi connectivity index (χ0) is 9.94. The molecular formula is C10H24N2O. The van der Waals surface area contributed by atoms with E-state index in [4.69, 9.17) is 5.11 Å². The van der Waals surface area contributed by atoms with Crippen molar-refractivity contribution in [3.63, 3.8) is 0 Å². The Morgan fingerprint density at radius 1 is 1.15 bits per heavy atom. The van der Waals surface area contributed by atoms with Gasteiger partial charge in [-0.05, 0) is 39.4 Å². The quantitative estimate of drug-likeness (QED) is 0.523. The van der Waals surface area contributed by atoms with Gasteiger partial charge in [0.05, 0.1) is 0 Å². The molecule has 0 aliphatic heterocycles. The zero-order valence-electron chi connectivity index (χ0n) is 9.05. The Bertz CT molecular complexity index is 98.9. The topological polar surface area (TPSA) is 35.5 Å². The van der Waals surface area contributed by atoms with E-state index in [-0.39, 0.29) is 0 Å². The minimum Gasteiger partial charge on any atom is -0.396 e. The predicted octanol–water partition coefficient (Wildman–Crippen LogP) is 0.690. The lowest BCUT2D eigenvalue weighted by molar-refractivity contribution is 0.282. The maximum atomic E-state index is 8.55. The van der Waals surface area contributed by atoms with Crippen LogP contribution in [0.2, 0.25) is 0 Å². The molecule has 0 unspecified atom stereocenters. The van der Waals surface area contributed by atoms with Gasteiger partial charge in [0.25, 0.3) is 0 Å². The first kappa shape index (κ1) is 12.9. The predicted molar refractivity (Wildman–Crippen MR) is 57.0 cm³/mol. The second kappa shape index (κ2) is 9.96. The Morgan fingerprint density at radius 3 is 2.54 bits per heavy atom. The maximum absolute atomic E-state index is 8.55. The summed E-state index contributed by atoms with van der Waals surface area (Å²) in [5.41, 5.74) is 0. The van der Waals surface area contributed by atoms with Crippen LogP contribution in [0.15, 0.2) is 0 Å². The summed E-state index contributed by atoms with van der Waals surface area (Å²) in [4.78, 5) is 2.29.